The molecule has 1 amide bonds. The maximum Gasteiger partial charge on any atom is 0.224 e. The number of nitrogens with two attached hydrogens (primary N) is 1. The van der Waals surface area contributed by atoms with Crippen molar-refractivity contribution in [3.8, 4) is 0 Å². The second kappa shape index (κ2) is 7.27. The second-order valence-corrected chi connectivity index (χ2v) is 6.64. The average Bonchev–Trinajstić information content (AvgIpc) is 2.32. The van der Waals surface area contributed by atoms with Crippen LogP contribution >= 0.6 is 27.5 Å². The van der Waals surface area contributed by atoms with E-state index in [-0.39, 0.29) is 11.3 Å². The summed E-state index contributed by atoms with van der Waals surface area (Å²) in [6.07, 6.45) is 2.23. The van der Waals surface area contributed by atoms with Crippen molar-refractivity contribution in [3.05, 3.63) is 27.7 Å². The predicted octanol–water partition coefficient (Wildman–Crippen LogP) is 4.20. The third-order valence-corrected chi connectivity index (χ3v) is 4.29. The van der Waals surface area contributed by atoms with Crippen molar-refractivity contribution in [2.75, 3.05) is 11.9 Å². The Morgan fingerprint density at radius 2 is 2.11 bits per heavy atom. The van der Waals surface area contributed by atoms with Gasteiger partial charge in [0.2, 0.25) is 5.91 Å². The molecule has 0 fully saturated rings. The summed E-state index contributed by atoms with van der Waals surface area (Å²) in [7, 11) is 0. The Morgan fingerprint density at radius 3 is 2.68 bits per heavy atom. The lowest BCUT2D eigenvalue weighted by Crippen LogP contribution is -2.20. The molecule has 0 aliphatic rings. The number of benzene rings is 1. The monoisotopic (exact) mass is 346 g/mol. The van der Waals surface area contributed by atoms with E-state index in [1.807, 2.05) is 12.1 Å². The Morgan fingerprint density at radius 1 is 1.42 bits per heavy atom. The Labute approximate surface area is 128 Å². The van der Waals surface area contributed by atoms with Crippen LogP contribution in [0, 0.1) is 5.41 Å². The van der Waals surface area contributed by atoms with Gasteiger partial charge in [-0.15, -0.1) is 0 Å². The third kappa shape index (κ3) is 5.93. The SMILES string of the molecule is CC(C)(CCN)CCC(=O)Nc1ccc(Br)c(Cl)c1. The summed E-state index contributed by atoms with van der Waals surface area (Å²) in [5, 5.41) is 3.43. The lowest BCUT2D eigenvalue weighted by molar-refractivity contribution is -0.116. The van der Waals surface area contributed by atoms with Crippen molar-refractivity contribution in [1.82, 2.24) is 0 Å². The molecule has 0 aromatic heterocycles. The number of nitrogens with one attached hydrogen (secondary N) is 1. The molecule has 1 rings (SSSR count). The first kappa shape index (κ1) is 16.5. The zero-order valence-electron chi connectivity index (χ0n) is 11.3. The van der Waals surface area contributed by atoms with Gasteiger partial charge >= 0.3 is 0 Å². The number of carbonyl (C=O) groups excluding carboxylic acids is 1. The standard InChI is InChI=1S/C14H20BrClN2O/c1-14(2,7-8-17)6-5-13(19)18-10-3-4-11(15)12(16)9-10/h3-4,9H,5-8,17H2,1-2H3,(H,18,19). The van der Waals surface area contributed by atoms with Gasteiger partial charge in [0.15, 0.2) is 0 Å². The third-order valence-electron chi connectivity index (χ3n) is 3.05. The number of anilines is 1. The van der Waals surface area contributed by atoms with Gasteiger partial charge in [-0.3, -0.25) is 4.79 Å². The molecule has 0 aliphatic heterocycles. The normalized spacial score (nSPS) is 11.4. The molecule has 1 aromatic rings. The van der Waals surface area contributed by atoms with Gasteiger partial charge < -0.3 is 11.1 Å². The molecular weight excluding hydrogens is 328 g/mol. The molecule has 19 heavy (non-hydrogen) atoms. The van der Waals surface area contributed by atoms with Gasteiger partial charge in [0.05, 0.1) is 5.02 Å². The Balaban J connectivity index is 2.49. The molecule has 0 spiro atoms. The fraction of sp³-hybridized carbons (Fsp3) is 0.500. The number of hydrogen-bond donors (Lipinski definition) is 2. The highest BCUT2D eigenvalue weighted by Crippen LogP contribution is 2.27. The van der Waals surface area contributed by atoms with Gasteiger partial charge in [0.25, 0.3) is 0 Å². The average molecular weight is 348 g/mol. The maximum atomic E-state index is 11.9. The minimum atomic E-state index is 0.00323. The first-order valence-corrected chi connectivity index (χ1v) is 7.46. The number of hydrogen-bond acceptors (Lipinski definition) is 2. The maximum absolute atomic E-state index is 11.9. The molecule has 5 heteroatoms. The summed E-state index contributed by atoms with van der Waals surface area (Å²) in [5.74, 6) is 0.00323. The van der Waals surface area contributed by atoms with Crippen LogP contribution in [-0.2, 0) is 4.79 Å². The van der Waals surface area contributed by atoms with Crippen LogP contribution in [-0.4, -0.2) is 12.5 Å². The molecule has 0 atom stereocenters. The van der Waals surface area contributed by atoms with Crippen molar-refractivity contribution in [1.29, 1.82) is 0 Å². The Bertz CT molecular complexity index is 449. The molecule has 0 aliphatic carbocycles. The fourth-order valence-electron chi connectivity index (χ4n) is 1.77. The number of rotatable bonds is 6. The Hall–Kier alpha value is -0.580. The number of halogens is 2. The lowest BCUT2D eigenvalue weighted by atomic mass is 9.84. The highest BCUT2D eigenvalue weighted by atomic mass is 79.9. The second-order valence-electron chi connectivity index (χ2n) is 5.38. The van der Waals surface area contributed by atoms with Gasteiger partial charge in [-0.1, -0.05) is 25.4 Å². The van der Waals surface area contributed by atoms with Gasteiger partial charge in [-0.2, -0.15) is 0 Å². The van der Waals surface area contributed by atoms with E-state index in [1.165, 1.54) is 0 Å². The van der Waals surface area contributed by atoms with Crippen LogP contribution in [0.5, 0.6) is 0 Å². The Kier molecular flexibility index (Phi) is 6.30. The van der Waals surface area contributed by atoms with Crippen LogP contribution in [0.25, 0.3) is 0 Å². The molecule has 1 aromatic carbocycles. The van der Waals surface area contributed by atoms with E-state index in [1.54, 1.807) is 6.07 Å². The van der Waals surface area contributed by atoms with E-state index in [4.69, 9.17) is 17.3 Å². The molecule has 0 saturated carbocycles. The van der Waals surface area contributed by atoms with E-state index >= 15 is 0 Å². The van der Waals surface area contributed by atoms with E-state index in [0.717, 1.165) is 23.0 Å². The summed E-state index contributed by atoms with van der Waals surface area (Å²) in [6, 6.07) is 5.36. The van der Waals surface area contributed by atoms with Gasteiger partial charge in [-0.05, 0) is 58.9 Å². The highest BCUT2D eigenvalue weighted by Gasteiger charge is 2.18. The van der Waals surface area contributed by atoms with Crippen LogP contribution in [0.4, 0.5) is 5.69 Å². The molecule has 0 unspecified atom stereocenters. The van der Waals surface area contributed by atoms with Crippen LogP contribution in [0.15, 0.2) is 22.7 Å². The minimum absolute atomic E-state index is 0.00323. The largest absolute Gasteiger partial charge is 0.330 e. The molecular formula is C14H20BrClN2O. The quantitative estimate of drug-likeness (QED) is 0.810. The van der Waals surface area contributed by atoms with Crippen LogP contribution in [0.3, 0.4) is 0 Å². The van der Waals surface area contributed by atoms with Gasteiger partial charge in [0.1, 0.15) is 0 Å². The molecule has 106 valence electrons. The lowest BCUT2D eigenvalue weighted by Gasteiger charge is -2.23. The molecule has 0 heterocycles. The van der Waals surface area contributed by atoms with Crippen molar-refractivity contribution < 1.29 is 4.79 Å². The predicted molar refractivity (Wildman–Crippen MR) is 84.5 cm³/mol. The molecule has 0 bridgehead atoms. The van der Waals surface area contributed by atoms with Crippen molar-refractivity contribution in [2.24, 2.45) is 11.1 Å². The molecule has 0 radical (unpaired) electrons. The minimum Gasteiger partial charge on any atom is -0.330 e. The zero-order valence-corrected chi connectivity index (χ0v) is 13.6. The first-order chi connectivity index (χ1) is 8.84. The van der Waals surface area contributed by atoms with Crippen LogP contribution in [0.1, 0.15) is 33.1 Å². The van der Waals surface area contributed by atoms with Crippen LogP contribution in [0.2, 0.25) is 5.02 Å². The zero-order chi connectivity index (χ0) is 14.5. The summed E-state index contributed by atoms with van der Waals surface area (Å²) >= 11 is 9.29. The topological polar surface area (TPSA) is 55.1 Å². The smallest absolute Gasteiger partial charge is 0.224 e. The molecule has 3 N–H and O–H groups in total. The summed E-state index contributed by atoms with van der Waals surface area (Å²) in [4.78, 5) is 11.9. The van der Waals surface area contributed by atoms with Crippen molar-refractivity contribution in [3.63, 3.8) is 0 Å². The molecule has 0 saturated heterocycles. The van der Waals surface area contributed by atoms with Crippen molar-refractivity contribution >= 4 is 39.1 Å². The van der Waals surface area contributed by atoms with Crippen molar-refractivity contribution in [2.45, 2.75) is 33.1 Å². The summed E-state index contributed by atoms with van der Waals surface area (Å²) < 4.78 is 0.816. The van der Waals surface area contributed by atoms with Gasteiger partial charge in [-0.25, -0.2) is 0 Å². The summed E-state index contributed by atoms with van der Waals surface area (Å²) in [5.41, 5.74) is 6.37. The highest BCUT2D eigenvalue weighted by molar-refractivity contribution is 9.10. The van der Waals surface area contributed by atoms with E-state index in [2.05, 4.69) is 35.1 Å². The number of carbonyl (C=O) groups is 1. The fourth-order valence-corrected chi connectivity index (χ4v) is 2.19. The number of amides is 1. The van der Waals surface area contributed by atoms with Gasteiger partial charge in [0, 0.05) is 16.6 Å². The van der Waals surface area contributed by atoms with Crippen LogP contribution < -0.4 is 11.1 Å². The van der Waals surface area contributed by atoms with E-state index < -0.39 is 0 Å². The van der Waals surface area contributed by atoms with E-state index in [9.17, 15) is 4.79 Å². The van der Waals surface area contributed by atoms with E-state index in [0.29, 0.717) is 18.0 Å². The first-order valence-electron chi connectivity index (χ1n) is 6.29. The molecule has 3 nitrogen and oxygen atoms in total. The summed E-state index contributed by atoms with van der Waals surface area (Å²) in [6.45, 7) is 4.91.